The van der Waals surface area contributed by atoms with Gasteiger partial charge in [-0.3, -0.25) is 4.79 Å². The summed E-state index contributed by atoms with van der Waals surface area (Å²) in [6.07, 6.45) is 1.54. The zero-order valence-electron chi connectivity index (χ0n) is 6.88. The summed E-state index contributed by atoms with van der Waals surface area (Å²) >= 11 is 0. The van der Waals surface area contributed by atoms with Crippen molar-refractivity contribution in [1.29, 1.82) is 0 Å². The van der Waals surface area contributed by atoms with Crippen LogP contribution in [0.5, 0.6) is 5.75 Å². The van der Waals surface area contributed by atoms with Crippen LogP contribution in [0, 0.1) is 11.6 Å². The van der Waals surface area contributed by atoms with E-state index in [0.717, 1.165) is 12.3 Å². The van der Waals surface area contributed by atoms with Crippen LogP contribution in [-0.4, -0.2) is 6.29 Å². The number of nitrogens with one attached hydrogen (secondary N) is 1. The molecule has 1 heterocycles. The van der Waals surface area contributed by atoms with Gasteiger partial charge in [0.25, 0.3) is 0 Å². The summed E-state index contributed by atoms with van der Waals surface area (Å²) in [7, 11) is 0. The maximum atomic E-state index is 13.1. The van der Waals surface area contributed by atoms with Crippen LogP contribution in [0.25, 0.3) is 0 Å². The largest absolute Gasteiger partial charge is 0.457 e. The van der Waals surface area contributed by atoms with E-state index in [-0.39, 0.29) is 17.1 Å². The average Bonchev–Trinajstić information content (AvgIpc) is 2.23. The van der Waals surface area contributed by atoms with E-state index in [1.165, 1.54) is 6.07 Å². The number of carbonyl (C=O) groups is 1. The van der Waals surface area contributed by atoms with Gasteiger partial charge in [0.2, 0.25) is 5.82 Å². The Labute approximate surface area is 78.0 Å². The lowest BCUT2D eigenvalue weighted by Gasteiger charge is -2.16. The van der Waals surface area contributed by atoms with Gasteiger partial charge in [-0.15, -0.1) is 0 Å². The molecule has 0 amide bonds. The third kappa shape index (κ3) is 1.22. The summed E-state index contributed by atoms with van der Waals surface area (Å²) in [6.45, 7) is 0. The molecule has 0 saturated carbocycles. The normalized spacial score (nSPS) is 13.4. The predicted molar refractivity (Wildman–Crippen MR) is 44.8 cm³/mol. The fourth-order valence-electron chi connectivity index (χ4n) is 1.11. The van der Waals surface area contributed by atoms with Crippen molar-refractivity contribution in [2.75, 3.05) is 5.32 Å². The molecular weight excluding hydrogens is 192 g/mol. The van der Waals surface area contributed by atoms with Gasteiger partial charge in [0.1, 0.15) is 12.0 Å². The van der Waals surface area contributed by atoms with E-state index >= 15 is 0 Å². The van der Waals surface area contributed by atoms with Crippen molar-refractivity contribution in [3.8, 4) is 5.75 Å². The summed E-state index contributed by atoms with van der Waals surface area (Å²) in [6, 6.07) is 2.25. The number of carbonyl (C=O) groups excluding carboxylic acids is 1. The van der Waals surface area contributed by atoms with Gasteiger partial charge in [0, 0.05) is 0 Å². The molecule has 0 aromatic heterocycles. The molecule has 0 aliphatic carbocycles. The molecule has 72 valence electrons. The van der Waals surface area contributed by atoms with E-state index in [2.05, 4.69) is 5.32 Å². The second-order valence-corrected chi connectivity index (χ2v) is 2.67. The van der Waals surface area contributed by atoms with Crippen LogP contribution >= 0.6 is 0 Å². The van der Waals surface area contributed by atoms with Gasteiger partial charge in [-0.25, -0.2) is 4.39 Å². The molecule has 3 nitrogen and oxygen atoms in total. The second kappa shape index (κ2) is 3.10. The maximum Gasteiger partial charge on any atom is 0.203 e. The molecule has 0 radical (unpaired) electrons. The van der Waals surface area contributed by atoms with Gasteiger partial charge in [0.15, 0.2) is 17.9 Å². The van der Waals surface area contributed by atoms with E-state index in [1.54, 1.807) is 0 Å². The molecule has 1 aliphatic heterocycles. The minimum Gasteiger partial charge on any atom is -0.457 e. The molecule has 1 aromatic rings. The highest BCUT2D eigenvalue weighted by Crippen LogP contribution is 2.33. The fraction of sp³-hybridized carbons (Fsp3) is 0. The number of halogens is 2. The number of fused-ring (bicyclic) bond motifs is 1. The van der Waals surface area contributed by atoms with Crippen molar-refractivity contribution < 1.29 is 18.3 Å². The predicted octanol–water partition coefficient (Wildman–Crippen LogP) is 1.81. The van der Waals surface area contributed by atoms with Crippen LogP contribution in [0.4, 0.5) is 14.5 Å². The molecule has 2 rings (SSSR count). The van der Waals surface area contributed by atoms with Gasteiger partial charge in [-0.2, -0.15) is 4.39 Å². The van der Waals surface area contributed by atoms with Crippen molar-refractivity contribution in [2.45, 2.75) is 0 Å². The number of ether oxygens (including phenoxy) is 1. The van der Waals surface area contributed by atoms with Crippen molar-refractivity contribution >= 4 is 12.0 Å². The van der Waals surface area contributed by atoms with Gasteiger partial charge in [0.05, 0.1) is 5.69 Å². The molecule has 0 unspecified atom stereocenters. The lowest BCUT2D eigenvalue weighted by atomic mass is 10.2. The Morgan fingerprint density at radius 2 is 2.14 bits per heavy atom. The number of aldehydes is 1. The van der Waals surface area contributed by atoms with Gasteiger partial charge in [-0.1, -0.05) is 0 Å². The number of benzene rings is 1. The minimum absolute atomic E-state index is 0.156. The minimum atomic E-state index is -1.07. The zero-order chi connectivity index (χ0) is 10.1. The van der Waals surface area contributed by atoms with Crippen molar-refractivity contribution in [3.63, 3.8) is 0 Å². The quantitative estimate of drug-likeness (QED) is 0.697. The van der Waals surface area contributed by atoms with Crippen LogP contribution in [-0.2, 0) is 4.79 Å². The zero-order valence-corrected chi connectivity index (χ0v) is 6.88. The molecule has 1 aromatic carbocycles. The fourth-order valence-corrected chi connectivity index (χ4v) is 1.11. The van der Waals surface area contributed by atoms with Gasteiger partial charge < -0.3 is 10.1 Å². The second-order valence-electron chi connectivity index (χ2n) is 2.67. The Kier molecular flexibility index (Phi) is 1.92. The molecule has 0 saturated heterocycles. The smallest absolute Gasteiger partial charge is 0.203 e. The van der Waals surface area contributed by atoms with E-state index in [1.807, 2.05) is 0 Å². The number of allylic oxidation sites excluding steroid dienone is 1. The van der Waals surface area contributed by atoms with Crippen LogP contribution in [0.3, 0.4) is 0 Å². The molecule has 14 heavy (non-hydrogen) atoms. The van der Waals surface area contributed by atoms with E-state index in [4.69, 9.17) is 4.74 Å². The van der Waals surface area contributed by atoms with Crippen LogP contribution in [0.2, 0.25) is 0 Å². The Balaban J connectivity index is 2.47. The molecule has 0 bridgehead atoms. The summed E-state index contributed by atoms with van der Waals surface area (Å²) in [4.78, 5) is 10.3. The molecule has 0 atom stereocenters. The first-order valence-electron chi connectivity index (χ1n) is 3.79. The molecule has 1 N–H and O–H groups in total. The SMILES string of the molecule is O=CC1=COc2c(ccc(F)c2F)N1. The van der Waals surface area contributed by atoms with Crippen molar-refractivity contribution in [2.24, 2.45) is 0 Å². The Bertz CT molecular complexity index is 429. The first-order chi connectivity index (χ1) is 6.72. The number of anilines is 1. The van der Waals surface area contributed by atoms with Crippen molar-refractivity contribution in [3.05, 3.63) is 35.7 Å². The average molecular weight is 197 g/mol. The first-order valence-corrected chi connectivity index (χ1v) is 3.79. The topological polar surface area (TPSA) is 38.3 Å². The molecular formula is C9H5F2NO2. The summed E-state index contributed by atoms with van der Waals surface area (Å²) in [5.41, 5.74) is 0.386. The van der Waals surface area contributed by atoms with Gasteiger partial charge in [-0.05, 0) is 12.1 Å². The van der Waals surface area contributed by atoms with Crippen LogP contribution in [0.1, 0.15) is 0 Å². The Hall–Kier alpha value is -1.91. The summed E-state index contributed by atoms with van der Waals surface area (Å²) in [5.74, 6) is -2.31. The third-order valence-corrected chi connectivity index (χ3v) is 1.76. The molecule has 0 spiro atoms. The summed E-state index contributed by atoms with van der Waals surface area (Å²) < 4.78 is 30.5. The first kappa shape index (κ1) is 8.68. The highest BCUT2D eigenvalue weighted by atomic mass is 19.2. The molecule has 5 heteroatoms. The Morgan fingerprint density at radius 1 is 1.36 bits per heavy atom. The third-order valence-electron chi connectivity index (χ3n) is 1.76. The number of hydrogen-bond donors (Lipinski definition) is 1. The number of hydrogen-bond acceptors (Lipinski definition) is 3. The standard InChI is InChI=1S/C9H5F2NO2/c10-6-1-2-7-9(8(6)11)14-4-5(3-13)12-7/h1-4,12H. The maximum absolute atomic E-state index is 13.1. The van der Waals surface area contributed by atoms with Crippen LogP contribution < -0.4 is 10.1 Å². The monoisotopic (exact) mass is 197 g/mol. The summed E-state index contributed by atoms with van der Waals surface area (Å²) in [5, 5.41) is 2.58. The highest BCUT2D eigenvalue weighted by molar-refractivity contribution is 5.81. The Morgan fingerprint density at radius 3 is 2.86 bits per heavy atom. The lowest BCUT2D eigenvalue weighted by molar-refractivity contribution is -0.104. The highest BCUT2D eigenvalue weighted by Gasteiger charge is 2.18. The van der Waals surface area contributed by atoms with Crippen molar-refractivity contribution in [1.82, 2.24) is 0 Å². The van der Waals surface area contributed by atoms with Crippen LogP contribution in [0.15, 0.2) is 24.1 Å². The molecule has 1 aliphatic rings. The van der Waals surface area contributed by atoms with E-state index in [9.17, 15) is 13.6 Å². The lowest BCUT2D eigenvalue weighted by Crippen LogP contribution is -2.10. The van der Waals surface area contributed by atoms with Gasteiger partial charge >= 0.3 is 0 Å². The van der Waals surface area contributed by atoms with E-state index < -0.39 is 11.6 Å². The molecule has 0 fully saturated rings. The number of rotatable bonds is 1. The van der Waals surface area contributed by atoms with E-state index in [0.29, 0.717) is 6.29 Å².